The molecule has 0 saturated heterocycles. The van der Waals surface area contributed by atoms with Crippen molar-refractivity contribution < 1.29 is 4.79 Å². The predicted molar refractivity (Wildman–Crippen MR) is 76.0 cm³/mol. The average Bonchev–Trinajstić information content (AvgIpc) is 2.54. The van der Waals surface area contributed by atoms with E-state index < -0.39 is 0 Å². The minimum absolute atomic E-state index is 0.0530. The molecule has 0 bridgehead atoms. The van der Waals surface area contributed by atoms with Crippen molar-refractivity contribution in [2.75, 3.05) is 13.6 Å². The Balaban J connectivity index is 1.87. The summed E-state index contributed by atoms with van der Waals surface area (Å²) in [5.74, 6) is 0.748. The fourth-order valence-electron chi connectivity index (χ4n) is 2.37. The Labute approximate surface area is 117 Å². The summed E-state index contributed by atoms with van der Waals surface area (Å²) in [6, 6.07) is 9.88. The molecular formula is C15H16N4O. The summed E-state index contributed by atoms with van der Waals surface area (Å²) in [4.78, 5) is 22.5. The molecule has 0 fully saturated rings. The zero-order valence-corrected chi connectivity index (χ0v) is 11.3. The molecule has 0 saturated carbocycles. The number of urea groups is 1. The van der Waals surface area contributed by atoms with Gasteiger partial charge in [0.25, 0.3) is 0 Å². The van der Waals surface area contributed by atoms with E-state index in [1.54, 1.807) is 11.9 Å². The van der Waals surface area contributed by atoms with Gasteiger partial charge in [-0.2, -0.15) is 0 Å². The van der Waals surface area contributed by atoms with E-state index in [1.165, 1.54) is 0 Å². The normalized spacial score (nSPS) is 13.8. The molecule has 5 heteroatoms. The minimum Gasteiger partial charge on any atom is -0.341 e. The van der Waals surface area contributed by atoms with E-state index in [0.717, 1.165) is 29.1 Å². The first-order valence-electron chi connectivity index (χ1n) is 6.65. The second kappa shape index (κ2) is 5.28. The molecule has 3 rings (SSSR count). The Morgan fingerprint density at radius 3 is 2.85 bits per heavy atom. The summed E-state index contributed by atoms with van der Waals surface area (Å²) < 4.78 is 0. The number of hydrogen-bond acceptors (Lipinski definition) is 3. The van der Waals surface area contributed by atoms with E-state index in [-0.39, 0.29) is 6.03 Å². The fraction of sp³-hybridized carbons (Fsp3) is 0.267. The maximum atomic E-state index is 11.6. The molecule has 0 aliphatic carbocycles. The number of rotatable bonds is 1. The first-order chi connectivity index (χ1) is 9.78. The van der Waals surface area contributed by atoms with Crippen molar-refractivity contribution in [2.45, 2.75) is 13.0 Å². The van der Waals surface area contributed by atoms with Gasteiger partial charge in [-0.3, -0.25) is 0 Å². The van der Waals surface area contributed by atoms with Gasteiger partial charge in [0.15, 0.2) is 5.82 Å². The second-order valence-electron chi connectivity index (χ2n) is 4.76. The monoisotopic (exact) mass is 268 g/mol. The molecular weight excluding hydrogens is 252 g/mol. The first-order valence-corrected chi connectivity index (χ1v) is 6.65. The fourth-order valence-corrected chi connectivity index (χ4v) is 2.37. The number of carbonyl (C=O) groups excluding carboxylic acids is 1. The lowest BCUT2D eigenvalue weighted by Crippen LogP contribution is -2.41. The van der Waals surface area contributed by atoms with E-state index in [9.17, 15) is 4.79 Å². The predicted octanol–water partition coefficient (Wildman–Crippen LogP) is 1.84. The van der Waals surface area contributed by atoms with Gasteiger partial charge in [0.05, 0.1) is 12.2 Å². The number of amides is 2. The van der Waals surface area contributed by atoms with Gasteiger partial charge in [-0.1, -0.05) is 30.3 Å². The lowest BCUT2D eigenvalue weighted by molar-refractivity contribution is 0.194. The molecule has 2 amide bonds. The van der Waals surface area contributed by atoms with Crippen LogP contribution in [0, 0.1) is 0 Å². The quantitative estimate of drug-likeness (QED) is 0.858. The Bertz CT molecular complexity index is 627. The van der Waals surface area contributed by atoms with E-state index in [1.807, 2.05) is 36.5 Å². The molecule has 20 heavy (non-hydrogen) atoms. The van der Waals surface area contributed by atoms with Crippen LogP contribution in [-0.2, 0) is 13.0 Å². The van der Waals surface area contributed by atoms with Crippen molar-refractivity contribution >= 4 is 6.03 Å². The highest BCUT2D eigenvalue weighted by molar-refractivity contribution is 5.74. The molecule has 1 N–H and O–H groups in total. The van der Waals surface area contributed by atoms with E-state index in [4.69, 9.17) is 0 Å². The molecule has 1 aliphatic rings. The minimum atomic E-state index is -0.0530. The molecule has 2 aromatic rings. The number of carbonyl (C=O) groups is 1. The average molecular weight is 268 g/mol. The van der Waals surface area contributed by atoms with Crippen molar-refractivity contribution in [1.29, 1.82) is 0 Å². The molecule has 5 nitrogen and oxygen atoms in total. The van der Waals surface area contributed by atoms with Crippen LogP contribution in [-0.4, -0.2) is 34.5 Å². The van der Waals surface area contributed by atoms with Gasteiger partial charge in [-0.15, -0.1) is 0 Å². The molecule has 102 valence electrons. The topological polar surface area (TPSA) is 58.1 Å². The number of nitrogens with zero attached hydrogens (tertiary/aromatic N) is 3. The standard InChI is InChI=1S/C15H16N4O/c1-16-15(20)19-8-7-13-12(10-19)9-17-14(18-13)11-5-3-2-4-6-11/h2-6,9H,7-8,10H2,1H3,(H,16,20). The van der Waals surface area contributed by atoms with Crippen molar-refractivity contribution in [2.24, 2.45) is 0 Å². The van der Waals surface area contributed by atoms with Crippen LogP contribution in [0.5, 0.6) is 0 Å². The van der Waals surface area contributed by atoms with Crippen LogP contribution in [0.15, 0.2) is 36.5 Å². The molecule has 0 spiro atoms. The van der Waals surface area contributed by atoms with E-state index >= 15 is 0 Å². The van der Waals surface area contributed by atoms with E-state index in [2.05, 4.69) is 15.3 Å². The van der Waals surface area contributed by atoms with Gasteiger partial charge in [0.1, 0.15) is 0 Å². The van der Waals surface area contributed by atoms with E-state index in [0.29, 0.717) is 13.1 Å². The van der Waals surface area contributed by atoms with Crippen molar-refractivity contribution in [3.05, 3.63) is 47.8 Å². The lowest BCUT2D eigenvalue weighted by atomic mass is 10.1. The largest absolute Gasteiger partial charge is 0.341 e. The number of nitrogens with one attached hydrogen (secondary N) is 1. The number of aromatic nitrogens is 2. The Kier molecular flexibility index (Phi) is 3.33. The van der Waals surface area contributed by atoms with Crippen LogP contribution in [0.1, 0.15) is 11.3 Å². The van der Waals surface area contributed by atoms with Crippen LogP contribution in [0.2, 0.25) is 0 Å². The van der Waals surface area contributed by atoms with Gasteiger partial charge < -0.3 is 10.2 Å². The van der Waals surface area contributed by atoms with Crippen LogP contribution in [0.4, 0.5) is 4.79 Å². The third-order valence-electron chi connectivity index (χ3n) is 3.47. The summed E-state index contributed by atoms with van der Waals surface area (Å²) in [6.45, 7) is 1.27. The SMILES string of the molecule is CNC(=O)N1CCc2nc(-c3ccccc3)ncc2C1. The van der Waals surface area contributed by atoms with Gasteiger partial charge in [-0.05, 0) is 0 Å². The highest BCUT2D eigenvalue weighted by atomic mass is 16.2. The molecule has 0 atom stereocenters. The number of fused-ring (bicyclic) bond motifs is 1. The first kappa shape index (κ1) is 12.6. The lowest BCUT2D eigenvalue weighted by Gasteiger charge is -2.27. The summed E-state index contributed by atoms with van der Waals surface area (Å²) in [5.41, 5.74) is 3.09. The molecule has 2 heterocycles. The summed E-state index contributed by atoms with van der Waals surface area (Å²) in [7, 11) is 1.65. The zero-order valence-electron chi connectivity index (χ0n) is 11.3. The third kappa shape index (κ3) is 2.34. The number of benzene rings is 1. The Morgan fingerprint density at radius 1 is 1.30 bits per heavy atom. The highest BCUT2D eigenvalue weighted by Gasteiger charge is 2.21. The summed E-state index contributed by atoms with van der Waals surface area (Å²) in [6.07, 6.45) is 2.60. The van der Waals surface area contributed by atoms with Crippen LogP contribution in [0.3, 0.4) is 0 Å². The van der Waals surface area contributed by atoms with Gasteiger partial charge in [-0.25, -0.2) is 14.8 Å². The van der Waals surface area contributed by atoms with Crippen molar-refractivity contribution in [3.8, 4) is 11.4 Å². The van der Waals surface area contributed by atoms with Crippen molar-refractivity contribution in [3.63, 3.8) is 0 Å². The molecule has 1 aliphatic heterocycles. The maximum Gasteiger partial charge on any atom is 0.317 e. The summed E-state index contributed by atoms with van der Waals surface area (Å²) >= 11 is 0. The molecule has 1 aromatic carbocycles. The Morgan fingerprint density at radius 2 is 2.10 bits per heavy atom. The molecule has 0 radical (unpaired) electrons. The van der Waals surface area contributed by atoms with Gasteiger partial charge in [0, 0.05) is 37.3 Å². The molecule has 0 unspecified atom stereocenters. The van der Waals surface area contributed by atoms with Crippen LogP contribution >= 0.6 is 0 Å². The number of hydrogen-bond donors (Lipinski definition) is 1. The summed E-state index contributed by atoms with van der Waals surface area (Å²) in [5, 5.41) is 2.65. The molecule has 1 aromatic heterocycles. The van der Waals surface area contributed by atoms with Crippen LogP contribution < -0.4 is 5.32 Å². The van der Waals surface area contributed by atoms with Crippen molar-refractivity contribution in [1.82, 2.24) is 20.2 Å². The second-order valence-corrected chi connectivity index (χ2v) is 4.76. The maximum absolute atomic E-state index is 11.6. The van der Waals surface area contributed by atoms with Gasteiger partial charge in [0.2, 0.25) is 0 Å². The zero-order chi connectivity index (χ0) is 13.9. The van der Waals surface area contributed by atoms with Gasteiger partial charge >= 0.3 is 6.03 Å². The third-order valence-corrected chi connectivity index (χ3v) is 3.47. The highest BCUT2D eigenvalue weighted by Crippen LogP contribution is 2.20. The smallest absolute Gasteiger partial charge is 0.317 e. The van der Waals surface area contributed by atoms with Crippen LogP contribution in [0.25, 0.3) is 11.4 Å². The Hall–Kier alpha value is -2.43.